The van der Waals surface area contributed by atoms with Crippen LogP contribution in [0.15, 0.2) is 6.20 Å². The minimum Gasteiger partial charge on any atom is -0.358 e. The fourth-order valence-corrected chi connectivity index (χ4v) is 1.54. The fourth-order valence-electron chi connectivity index (χ4n) is 1.54. The number of hydrogen-bond donors (Lipinski definition) is 4. The van der Waals surface area contributed by atoms with Crippen molar-refractivity contribution in [1.29, 1.82) is 0 Å². The Labute approximate surface area is 103 Å². The normalized spacial score (nSPS) is 10.4. The van der Waals surface area contributed by atoms with Crippen LogP contribution in [0, 0.1) is 0 Å². The number of H-pyrrole nitrogens is 1. The van der Waals surface area contributed by atoms with Gasteiger partial charge in [0.25, 0.3) is 0 Å². The summed E-state index contributed by atoms with van der Waals surface area (Å²) in [5.41, 5.74) is 2.93. The number of rotatable bonds is 4. The number of nitrogen functional groups attached to an aromatic ring is 1. The molecule has 18 heavy (non-hydrogen) atoms. The van der Waals surface area contributed by atoms with Crippen LogP contribution in [0.3, 0.4) is 0 Å². The van der Waals surface area contributed by atoms with Crippen LogP contribution < -0.4 is 21.5 Å². The van der Waals surface area contributed by atoms with E-state index in [1.165, 1.54) is 0 Å². The van der Waals surface area contributed by atoms with Crippen LogP contribution in [0.4, 0.5) is 11.8 Å². The van der Waals surface area contributed by atoms with Gasteiger partial charge in [0.1, 0.15) is 5.82 Å². The molecule has 9 nitrogen and oxygen atoms in total. The topological polar surface area (TPSA) is 125 Å². The average Bonchev–Trinajstić information content (AvgIpc) is 2.85. The zero-order chi connectivity index (χ0) is 13.1. The Kier molecular flexibility index (Phi) is 3.24. The summed E-state index contributed by atoms with van der Waals surface area (Å²) in [6.45, 7) is 0.178. The van der Waals surface area contributed by atoms with Crippen LogP contribution in [0.1, 0.15) is 0 Å². The van der Waals surface area contributed by atoms with Crippen LogP contribution in [0.2, 0.25) is 0 Å². The molecule has 0 fully saturated rings. The summed E-state index contributed by atoms with van der Waals surface area (Å²) in [6.07, 6.45) is 1.60. The molecule has 5 N–H and O–H groups in total. The lowest BCUT2D eigenvalue weighted by Gasteiger charge is -2.18. The molecule has 0 bridgehead atoms. The van der Waals surface area contributed by atoms with Gasteiger partial charge in [-0.15, -0.1) is 0 Å². The third-order valence-electron chi connectivity index (χ3n) is 2.44. The van der Waals surface area contributed by atoms with Crippen molar-refractivity contribution in [3.63, 3.8) is 0 Å². The van der Waals surface area contributed by atoms with Gasteiger partial charge >= 0.3 is 0 Å². The molecule has 1 amide bonds. The average molecular weight is 250 g/mol. The van der Waals surface area contributed by atoms with Crippen molar-refractivity contribution < 1.29 is 4.79 Å². The third-order valence-corrected chi connectivity index (χ3v) is 2.44. The van der Waals surface area contributed by atoms with Gasteiger partial charge in [0.2, 0.25) is 11.9 Å². The van der Waals surface area contributed by atoms with Gasteiger partial charge in [-0.05, 0) is 0 Å². The number of nitrogens with two attached hydrogens (primary N) is 1. The number of amides is 1. The molecule has 0 radical (unpaired) electrons. The number of carbonyl (C=O) groups excluding carboxylic acids is 1. The molecule has 0 atom stereocenters. The number of fused-ring (bicyclic) bond motifs is 1. The number of anilines is 2. The minimum atomic E-state index is -0.116. The van der Waals surface area contributed by atoms with Crippen LogP contribution in [-0.4, -0.2) is 46.7 Å². The van der Waals surface area contributed by atoms with E-state index in [9.17, 15) is 4.79 Å². The molecule has 9 heteroatoms. The van der Waals surface area contributed by atoms with E-state index >= 15 is 0 Å². The molecule has 2 heterocycles. The number of carbonyl (C=O) groups is 1. The lowest BCUT2D eigenvalue weighted by molar-refractivity contribution is -0.119. The first-order chi connectivity index (χ1) is 8.65. The second kappa shape index (κ2) is 4.84. The van der Waals surface area contributed by atoms with E-state index in [1.54, 1.807) is 25.2 Å². The number of hydrogen-bond acceptors (Lipinski definition) is 7. The van der Waals surface area contributed by atoms with Gasteiger partial charge in [0, 0.05) is 14.1 Å². The largest absolute Gasteiger partial charge is 0.358 e. The van der Waals surface area contributed by atoms with Gasteiger partial charge in [0.15, 0.2) is 5.65 Å². The Balaban J connectivity index is 2.41. The van der Waals surface area contributed by atoms with Gasteiger partial charge in [0.05, 0.1) is 18.1 Å². The molecule has 0 unspecified atom stereocenters. The maximum atomic E-state index is 11.4. The van der Waals surface area contributed by atoms with Gasteiger partial charge in [-0.25, -0.2) is 5.84 Å². The Bertz CT molecular complexity index is 565. The molecule has 2 aromatic heterocycles. The number of aromatic amines is 1. The van der Waals surface area contributed by atoms with E-state index in [0.717, 1.165) is 5.39 Å². The second-order valence-corrected chi connectivity index (χ2v) is 3.68. The summed E-state index contributed by atoms with van der Waals surface area (Å²) >= 11 is 0. The zero-order valence-corrected chi connectivity index (χ0v) is 10.1. The van der Waals surface area contributed by atoms with Crippen LogP contribution in [-0.2, 0) is 4.79 Å². The molecule has 0 spiro atoms. The predicted molar refractivity (Wildman–Crippen MR) is 66.8 cm³/mol. The first kappa shape index (κ1) is 12.0. The lowest BCUT2D eigenvalue weighted by atomic mass is 10.3. The molecular weight excluding hydrogens is 236 g/mol. The Morgan fingerprint density at radius 1 is 1.56 bits per heavy atom. The van der Waals surface area contributed by atoms with Gasteiger partial charge in [-0.1, -0.05) is 0 Å². The minimum absolute atomic E-state index is 0.116. The van der Waals surface area contributed by atoms with Crippen molar-refractivity contribution in [2.24, 2.45) is 5.84 Å². The van der Waals surface area contributed by atoms with Crippen molar-refractivity contribution in [2.45, 2.75) is 0 Å². The molecule has 0 aliphatic carbocycles. The molecular formula is C9H14N8O. The lowest BCUT2D eigenvalue weighted by Crippen LogP contribution is -2.33. The highest BCUT2D eigenvalue weighted by Crippen LogP contribution is 2.22. The molecule has 0 saturated heterocycles. The highest BCUT2D eigenvalue weighted by Gasteiger charge is 2.14. The van der Waals surface area contributed by atoms with Gasteiger partial charge in [-0.2, -0.15) is 15.1 Å². The van der Waals surface area contributed by atoms with E-state index in [1.807, 2.05) is 0 Å². The number of aromatic nitrogens is 4. The monoisotopic (exact) mass is 250 g/mol. The summed E-state index contributed by atoms with van der Waals surface area (Å²) in [4.78, 5) is 21.4. The van der Waals surface area contributed by atoms with Crippen LogP contribution in [0.25, 0.3) is 11.0 Å². The van der Waals surface area contributed by atoms with Crippen molar-refractivity contribution >= 4 is 28.7 Å². The molecule has 2 rings (SSSR count). The predicted octanol–water partition coefficient (Wildman–Crippen LogP) is -1.18. The van der Waals surface area contributed by atoms with E-state index in [-0.39, 0.29) is 18.4 Å². The van der Waals surface area contributed by atoms with Crippen molar-refractivity contribution in [2.75, 3.05) is 31.0 Å². The van der Waals surface area contributed by atoms with Gasteiger partial charge in [-0.3, -0.25) is 15.3 Å². The third kappa shape index (κ3) is 2.15. The van der Waals surface area contributed by atoms with E-state index in [2.05, 4.69) is 30.9 Å². The first-order valence-corrected chi connectivity index (χ1v) is 5.25. The molecule has 0 saturated carbocycles. The van der Waals surface area contributed by atoms with Crippen molar-refractivity contribution in [1.82, 2.24) is 25.5 Å². The Hall–Kier alpha value is -2.42. The highest BCUT2D eigenvalue weighted by molar-refractivity contribution is 5.90. The summed E-state index contributed by atoms with van der Waals surface area (Å²) in [7, 11) is 3.33. The maximum Gasteiger partial charge on any atom is 0.241 e. The van der Waals surface area contributed by atoms with Crippen molar-refractivity contribution in [3.05, 3.63) is 6.20 Å². The molecule has 0 aliphatic rings. The number of likely N-dealkylation sites (N-methyl/N-ethyl adjacent to an activating group) is 2. The summed E-state index contributed by atoms with van der Waals surface area (Å²) in [6, 6.07) is 0. The SMILES string of the molecule is CNC(=O)CN(C)c1nc(NN)nc2[nH]ncc12. The summed E-state index contributed by atoms with van der Waals surface area (Å²) in [5, 5.41) is 9.90. The first-order valence-electron chi connectivity index (χ1n) is 5.25. The standard InChI is InChI=1S/C9H14N8O/c1-11-6(18)4-17(2)8-5-3-12-16-7(5)13-9(14-8)15-10/h3H,4,10H2,1-2H3,(H,11,18)(H2,12,13,14,15,16). The zero-order valence-electron chi connectivity index (χ0n) is 10.1. The van der Waals surface area contributed by atoms with Crippen LogP contribution >= 0.6 is 0 Å². The number of hydrazine groups is 1. The van der Waals surface area contributed by atoms with E-state index < -0.39 is 0 Å². The molecule has 0 aliphatic heterocycles. The second-order valence-electron chi connectivity index (χ2n) is 3.68. The molecule has 0 aromatic carbocycles. The smallest absolute Gasteiger partial charge is 0.241 e. The van der Waals surface area contributed by atoms with E-state index in [0.29, 0.717) is 11.5 Å². The maximum absolute atomic E-state index is 11.4. The van der Waals surface area contributed by atoms with Gasteiger partial charge < -0.3 is 10.2 Å². The van der Waals surface area contributed by atoms with Crippen LogP contribution in [0.5, 0.6) is 0 Å². The van der Waals surface area contributed by atoms with Crippen molar-refractivity contribution in [3.8, 4) is 0 Å². The Morgan fingerprint density at radius 3 is 3.00 bits per heavy atom. The quantitative estimate of drug-likeness (QED) is 0.397. The highest BCUT2D eigenvalue weighted by atomic mass is 16.1. The Morgan fingerprint density at radius 2 is 2.33 bits per heavy atom. The molecule has 2 aromatic rings. The molecule has 96 valence electrons. The summed E-state index contributed by atoms with van der Waals surface area (Å²) in [5.74, 6) is 6.01. The summed E-state index contributed by atoms with van der Waals surface area (Å²) < 4.78 is 0. The number of nitrogens with one attached hydrogen (secondary N) is 3. The van der Waals surface area contributed by atoms with E-state index in [4.69, 9.17) is 5.84 Å². The number of nitrogens with zero attached hydrogens (tertiary/aromatic N) is 4. The fraction of sp³-hybridized carbons (Fsp3) is 0.333.